The second kappa shape index (κ2) is 71.3. The molecule has 6 heteroatoms. The third-order valence-corrected chi connectivity index (χ3v) is 16.2. The fourth-order valence-electron chi connectivity index (χ4n) is 10.8. The zero-order valence-corrected chi connectivity index (χ0v) is 55.5. The quantitative estimate of drug-likeness (QED) is 0.0261. The summed E-state index contributed by atoms with van der Waals surface area (Å²) in [6, 6.07) is 0. The maximum Gasteiger partial charge on any atom is 0.306 e. The third-order valence-electron chi connectivity index (χ3n) is 16.2. The van der Waals surface area contributed by atoms with Gasteiger partial charge in [-0.15, -0.1) is 0 Å². The summed E-state index contributed by atoms with van der Waals surface area (Å²) in [6.45, 7) is 6.56. The van der Waals surface area contributed by atoms with Crippen LogP contribution < -0.4 is 0 Å². The molecule has 0 aliphatic rings. The highest BCUT2D eigenvalue weighted by atomic mass is 16.6. The van der Waals surface area contributed by atoms with Gasteiger partial charge in [0.1, 0.15) is 13.2 Å². The Kier molecular flexibility index (Phi) is 68.6. The lowest BCUT2D eigenvalue weighted by Gasteiger charge is -2.18. The summed E-state index contributed by atoms with van der Waals surface area (Å²) in [5.41, 5.74) is 0. The fourth-order valence-corrected chi connectivity index (χ4v) is 10.8. The first kappa shape index (κ1) is 79.8. The lowest BCUT2D eigenvalue weighted by atomic mass is 10.0. The van der Waals surface area contributed by atoms with Gasteiger partial charge in [-0.25, -0.2) is 0 Å². The van der Waals surface area contributed by atoms with E-state index in [0.717, 1.165) is 96.3 Å². The molecule has 482 valence electrons. The van der Waals surface area contributed by atoms with Crippen LogP contribution in [0.1, 0.15) is 380 Å². The monoisotopic (exact) mass is 1160 g/mol. The molecule has 0 spiro atoms. The van der Waals surface area contributed by atoms with Crippen molar-refractivity contribution in [2.24, 2.45) is 0 Å². The molecular formula is C77H138O6. The highest BCUT2D eigenvalue weighted by Gasteiger charge is 2.19. The second-order valence-corrected chi connectivity index (χ2v) is 24.5. The standard InChI is InChI=1S/C77H138O6/c1-4-7-10-13-16-19-22-25-27-29-31-32-33-34-35-36-37-38-39-40-41-42-43-44-45-46-47-49-50-52-55-58-61-64-67-70-76(79)82-73-74(72-81-75(78)69-66-63-60-57-54-24-21-18-15-12-9-6-3)83-77(80)71-68-65-62-59-56-53-51-48-30-28-26-23-20-17-14-11-8-5-2/h7,10,16,19-20,23,25,27-28,30-32,74H,4-6,8-9,11-15,17-18,21-22,24,26,29,33-73H2,1-3H3/b10-7-,19-16-,23-20-,27-25-,30-28-,32-31-. The van der Waals surface area contributed by atoms with Crippen LogP contribution in [0.2, 0.25) is 0 Å². The summed E-state index contributed by atoms with van der Waals surface area (Å²) in [6.07, 6.45) is 93.8. The van der Waals surface area contributed by atoms with Crippen LogP contribution >= 0.6 is 0 Å². The second-order valence-electron chi connectivity index (χ2n) is 24.5. The maximum absolute atomic E-state index is 12.9. The Hall–Kier alpha value is -3.15. The van der Waals surface area contributed by atoms with E-state index in [1.54, 1.807) is 0 Å². The van der Waals surface area contributed by atoms with Gasteiger partial charge in [0, 0.05) is 19.3 Å². The van der Waals surface area contributed by atoms with Gasteiger partial charge in [0.25, 0.3) is 0 Å². The number of rotatable bonds is 67. The van der Waals surface area contributed by atoms with Crippen molar-refractivity contribution in [2.45, 2.75) is 386 Å². The van der Waals surface area contributed by atoms with Gasteiger partial charge in [-0.05, 0) is 89.9 Å². The molecule has 0 aliphatic heterocycles. The SMILES string of the molecule is CC/C=C\C/C=C\C/C=C\C/C=C\CCCCCCCCCCCCCCCCCCCCCCCCC(=O)OCC(COC(=O)CCCCCCCCCCCCCC)OC(=O)CCCCCCCCC/C=C\C/C=C\CCCCCC. The van der Waals surface area contributed by atoms with Gasteiger partial charge in [-0.2, -0.15) is 0 Å². The van der Waals surface area contributed by atoms with Crippen LogP contribution in [0.25, 0.3) is 0 Å². The van der Waals surface area contributed by atoms with Gasteiger partial charge in [-0.1, -0.05) is 344 Å². The molecule has 0 aliphatic carbocycles. The minimum atomic E-state index is -0.776. The highest BCUT2D eigenvalue weighted by molar-refractivity contribution is 5.71. The molecule has 0 bridgehead atoms. The van der Waals surface area contributed by atoms with Crippen LogP contribution in [-0.4, -0.2) is 37.2 Å². The van der Waals surface area contributed by atoms with Crippen molar-refractivity contribution in [3.8, 4) is 0 Å². The van der Waals surface area contributed by atoms with Gasteiger partial charge in [-0.3, -0.25) is 14.4 Å². The van der Waals surface area contributed by atoms with E-state index in [2.05, 4.69) is 93.7 Å². The molecule has 0 amide bonds. The normalized spacial score (nSPS) is 12.5. The molecule has 0 aromatic carbocycles. The van der Waals surface area contributed by atoms with E-state index in [9.17, 15) is 14.4 Å². The predicted octanol–water partition coefficient (Wildman–Crippen LogP) is 25.2. The molecule has 0 saturated carbocycles. The molecule has 0 rings (SSSR count). The third kappa shape index (κ3) is 69.5. The Bertz CT molecular complexity index is 1520. The Labute approximate surface area is 516 Å². The summed E-state index contributed by atoms with van der Waals surface area (Å²) in [5.74, 6) is -0.856. The molecule has 0 heterocycles. The van der Waals surface area contributed by atoms with Crippen molar-refractivity contribution in [3.05, 3.63) is 72.9 Å². The average Bonchev–Trinajstić information content (AvgIpc) is 3.49. The van der Waals surface area contributed by atoms with Crippen molar-refractivity contribution in [1.82, 2.24) is 0 Å². The Morgan fingerprint density at radius 1 is 0.253 bits per heavy atom. The van der Waals surface area contributed by atoms with Gasteiger partial charge < -0.3 is 14.2 Å². The first-order valence-electron chi connectivity index (χ1n) is 36.4. The van der Waals surface area contributed by atoms with Crippen LogP contribution in [0, 0.1) is 0 Å². The lowest BCUT2D eigenvalue weighted by Crippen LogP contribution is -2.30. The summed E-state index contributed by atoms with van der Waals surface area (Å²) >= 11 is 0. The first-order valence-corrected chi connectivity index (χ1v) is 36.4. The van der Waals surface area contributed by atoms with E-state index in [-0.39, 0.29) is 31.1 Å². The molecule has 0 aromatic heterocycles. The number of allylic oxidation sites excluding steroid dienone is 12. The molecule has 0 radical (unpaired) electrons. The van der Waals surface area contributed by atoms with Crippen molar-refractivity contribution in [1.29, 1.82) is 0 Å². The largest absolute Gasteiger partial charge is 0.462 e. The van der Waals surface area contributed by atoms with Crippen molar-refractivity contribution >= 4 is 17.9 Å². The summed E-state index contributed by atoms with van der Waals surface area (Å²) in [7, 11) is 0. The number of unbranched alkanes of at least 4 members (excludes halogenated alkanes) is 44. The summed E-state index contributed by atoms with van der Waals surface area (Å²) in [5, 5.41) is 0. The summed E-state index contributed by atoms with van der Waals surface area (Å²) < 4.78 is 17.0. The van der Waals surface area contributed by atoms with Gasteiger partial charge >= 0.3 is 17.9 Å². The molecule has 1 unspecified atom stereocenters. The van der Waals surface area contributed by atoms with E-state index in [0.29, 0.717) is 19.3 Å². The summed E-state index contributed by atoms with van der Waals surface area (Å²) in [4.78, 5) is 38.4. The van der Waals surface area contributed by atoms with E-state index in [1.165, 1.54) is 244 Å². The van der Waals surface area contributed by atoms with E-state index in [4.69, 9.17) is 14.2 Å². The van der Waals surface area contributed by atoms with Crippen molar-refractivity contribution in [3.63, 3.8) is 0 Å². The van der Waals surface area contributed by atoms with Crippen LogP contribution in [0.3, 0.4) is 0 Å². The molecule has 1 atom stereocenters. The zero-order chi connectivity index (χ0) is 59.9. The molecule has 0 saturated heterocycles. The van der Waals surface area contributed by atoms with Crippen LogP contribution in [0.5, 0.6) is 0 Å². The number of carbonyl (C=O) groups is 3. The minimum absolute atomic E-state index is 0.0720. The molecule has 0 fully saturated rings. The van der Waals surface area contributed by atoms with Gasteiger partial charge in [0.2, 0.25) is 0 Å². The lowest BCUT2D eigenvalue weighted by molar-refractivity contribution is -0.167. The maximum atomic E-state index is 12.9. The van der Waals surface area contributed by atoms with E-state index < -0.39 is 6.10 Å². The predicted molar refractivity (Wildman–Crippen MR) is 362 cm³/mol. The first-order chi connectivity index (χ1) is 41.0. The van der Waals surface area contributed by atoms with Crippen molar-refractivity contribution < 1.29 is 28.6 Å². The molecule has 6 nitrogen and oxygen atoms in total. The molecule has 0 aromatic rings. The topological polar surface area (TPSA) is 78.9 Å². The van der Waals surface area contributed by atoms with Crippen molar-refractivity contribution in [2.75, 3.05) is 13.2 Å². The Morgan fingerprint density at radius 2 is 0.470 bits per heavy atom. The number of hydrogen-bond donors (Lipinski definition) is 0. The Balaban J connectivity index is 4.09. The molecule has 0 N–H and O–H groups in total. The minimum Gasteiger partial charge on any atom is -0.462 e. The number of carbonyl (C=O) groups excluding carboxylic acids is 3. The van der Waals surface area contributed by atoms with E-state index in [1.807, 2.05) is 0 Å². The molecular weight excluding hydrogens is 1020 g/mol. The average molecular weight is 1160 g/mol. The fraction of sp³-hybridized carbons (Fsp3) is 0.805. The Morgan fingerprint density at radius 3 is 0.747 bits per heavy atom. The molecule has 83 heavy (non-hydrogen) atoms. The van der Waals surface area contributed by atoms with Crippen LogP contribution in [0.4, 0.5) is 0 Å². The highest BCUT2D eigenvalue weighted by Crippen LogP contribution is 2.18. The number of esters is 3. The smallest absolute Gasteiger partial charge is 0.306 e. The zero-order valence-electron chi connectivity index (χ0n) is 55.5. The van der Waals surface area contributed by atoms with Crippen LogP contribution in [0.15, 0.2) is 72.9 Å². The number of hydrogen-bond acceptors (Lipinski definition) is 6. The van der Waals surface area contributed by atoms with Crippen LogP contribution in [-0.2, 0) is 28.6 Å². The van der Waals surface area contributed by atoms with Gasteiger partial charge in [0.05, 0.1) is 0 Å². The number of ether oxygens (including phenoxy) is 3. The van der Waals surface area contributed by atoms with Gasteiger partial charge in [0.15, 0.2) is 6.10 Å². The van der Waals surface area contributed by atoms with E-state index >= 15 is 0 Å².